The first-order valence-corrected chi connectivity index (χ1v) is 9.75. The Kier molecular flexibility index (Phi) is 5.43. The lowest BCUT2D eigenvalue weighted by Crippen LogP contribution is -2.36. The van der Waals surface area contributed by atoms with Crippen molar-refractivity contribution in [3.05, 3.63) is 54.1 Å². The first-order chi connectivity index (χ1) is 12.5. The maximum atomic E-state index is 12.7. The maximum absolute atomic E-state index is 12.7. The standard InChI is InChI=1S/C18H21N3O4S/c1-25-17-8-3-2-7-16(17)21-26(23,24)15-6-4-5-13(11-15)18(22)20-14-9-10-19-12-14/h2-8,11,14,19,21H,9-10,12H2,1H3,(H,20,22). The van der Waals surface area contributed by atoms with Gasteiger partial charge >= 0.3 is 0 Å². The SMILES string of the molecule is COc1ccccc1NS(=O)(=O)c1cccc(C(=O)NC2CCNC2)c1. The van der Waals surface area contributed by atoms with Crippen LogP contribution in [0.1, 0.15) is 16.8 Å². The summed E-state index contributed by atoms with van der Waals surface area (Å²) in [5, 5.41) is 6.08. The second-order valence-corrected chi connectivity index (χ2v) is 7.68. The van der Waals surface area contributed by atoms with Crippen LogP contribution < -0.4 is 20.1 Å². The molecular weight excluding hydrogens is 354 g/mol. The number of hydrogen-bond acceptors (Lipinski definition) is 5. The summed E-state index contributed by atoms with van der Waals surface area (Å²) in [6.07, 6.45) is 0.860. The Bertz CT molecular complexity index is 893. The fourth-order valence-electron chi connectivity index (χ4n) is 2.78. The predicted molar refractivity (Wildman–Crippen MR) is 99.0 cm³/mol. The summed E-state index contributed by atoms with van der Waals surface area (Å²) >= 11 is 0. The smallest absolute Gasteiger partial charge is 0.262 e. The van der Waals surface area contributed by atoms with E-state index >= 15 is 0 Å². The molecule has 8 heteroatoms. The van der Waals surface area contributed by atoms with Crippen molar-refractivity contribution in [3.63, 3.8) is 0 Å². The van der Waals surface area contributed by atoms with Gasteiger partial charge in [-0.1, -0.05) is 18.2 Å². The fourth-order valence-corrected chi connectivity index (χ4v) is 3.90. The molecule has 3 N–H and O–H groups in total. The molecule has 1 heterocycles. The molecule has 138 valence electrons. The number of benzene rings is 2. The molecule has 0 spiro atoms. The second-order valence-electron chi connectivity index (χ2n) is 6.00. The minimum Gasteiger partial charge on any atom is -0.495 e. The summed E-state index contributed by atoms with van der Waals surface area (Å²) in [7, 11) is -2.38. The molecule has 0 radical (unpaired) electrons. The number of amides is 1. The molecule has 0 bridgehead atoms. The first-order valence-electron chi connectivity index (χ1n) is 8.27. The number of sulfonamides is 1. The normalized spacial score (nSPS) is 16.9. The number of para-hydroxylation sites is 2. The van der Waals surface area contributed by atoms with Crippen molar-refractivity contribution in [1.82, 2.24) is 10.6 Å². The Morgan fingerprint density at radius 3 is 2.73 bits per heavy atom. The van der Waals surface area contributed by atoms with Gasteiger partial charge in [0.05, 0.1) is 17.7 Å². The van der Waals surface area contributed by atoms with Crippen molar-refractivity contribution >= 4 is 21.6 Å². The highest BCUT2D eigenvalue weighted by molar-refractivity contribution is 7.92. The van der Waals surface area contributed by atoms with Gasteiger partial charge < -0.3 is 15.4 Å². The van der Waals surface area contributed by atoms with Crippen LogP contribution in [-0.4, -0.2) is 40.6 Å². The Labute approximate surface area is 152 Å². The molecule has 0 aromatic heterocycles. The minimum absolute atomic E-state index is 0.0144. The van der Waals surface area contributed by atoms with E-state index in [1.54, 1.807) is 36.4 Å². The molecule has 7 nitrogen and oxygen atoms in total. The van der Waals surface area contributed by atoms with Crippen LogP contribution in [0.3, 0.4) is 0 Å². The van der Waals surface area contributed by atoms with Gasteiger partial charge in [0.1, 0.15) is 5.75 Å². The van der Waals surface area contributed by atoms with E-state index in [9.17, 15) is 13.2 Å². The Hall–Kier alpha value is -2.58. The summed E-state index contributed by atoms with van der Waals surface area (Å²) in [5.74, 6) is 0.131. The van der Waals surface area contributed by atoms with Gasteiger partial charge in [-0.2, -0.15) is 0 Å². The average molecular weight is 375 g/mol. The van der Waals surface area contributed by atoms with E-state index in [1.165, 1.54) is 19.2 Å². The summed E-state index contributed by atoms with van der Waals surface area (Å²) in [6.45, 7) is 1.58. The maximum Gasteiger partial charge on any atom is 0.262 e. The highest BCUT2D eigenvalue weighted by Crippen LogP contribution is 2.26. The van der Waals surface area contributed by atoms with Gasteiger partial charge in [0.15, 0.2) is 0 Å². The summed E-state index contributed by atoms with van der Waals surface area (Å²) in [5.41, 5.74) is 0.640. The van der Waals surface area contributed by atoms with E-state index in [0.29, 0.717) is 17.0 Å². The summed E-state index contributed by atoms with van der Waals surface area (Å²) < 4.78 is 33.0. The number of carbonyl (C=O) groups is 1. The number of hydrogen-bond donors (Lipinski definition) is 3. The highest BCUT2D eigenvalue weighted by atomic mass is 32.2. The van der Waals surface area contributed by atoms with Crippen LogP contribution >= 0.6 is 0 Å². The van der Waals surface area contributed by atoms with Crippen molar-refractivity contribution in [1.29, 1.82) is 0 Å². The van der Waals surface area contributed by atoms with Crippen LogP contribution in [0.2, 0.25) is 0 Å². The topological polar surface area (TPSA) is 96.5 Å². The Morgan fingerprint density at radius 2 is 2.00 bits per heavy atom. The molecule has 1 fully saturated rings. The summed E-state index contributed by atoms with van der Waals surface area (Å²) in [4.78, 5) is 12.4. The molecule has 1 aliphatic heterocycles. The van der Waals surface area contributed by atoms with Gasteiger partial charge in [-0.25, -0.2) is 8.42 Å². The third kappa shape index (κ3) is 4.14. The van der Waals surface area contributed by atoms with E-state index in [0.717, 1.165) is 19.5 Å². The van der Waals surface area contributed by atoms with Crippen LogP contribution in [0.4, 0.5) is 5.69 Å². The van der Waals surface area contributed by atoms with Crippen molar-refractivity contribution in [2.45, 2.75) is 17.4 Å². The van der Waals surface area contributed by atoms with Gasteiger partial charge in [0.2, 0.25) is 0 Å². The largest absolute Gasteiger partial charge is 0.495 e. The first kappa shape index (κ1) is 18.2. The molecular formula is C18H21N3O4S. The molecule has 3 rings (SSSR count). The lowest BCUT2D eigenvalue weighted by molar-refractivity contribution is 0.0940. The monoisotopic (exact) mass is 375 g/mol. The lowest BCUT2D eigenvalue weighted by Gasteiger charge is -2.13. The second kappa shape index (κ2) is 7.76. The molecule has 1 amide bonds. The molecule has 1 unspecified atom stereocenters. The van der Waals surface area contributed by atoms with Gasteiger partial charge in [-0.05, 0) is 43.3 Å². The molecule has 1 saturated heterocycles. The average Bonchev–Trinajstić information content (AvgIpc) is 3.15. The van der Waals surface area contributed by atoms with Crippen molar-refractivity contribution in [2.75, 3.05) is 24.9 Å². The van der Waals surface area contributed by atoms with E-state index in [1.807, 2.05) is 0 Å². The van der Waals surface area contributed by atoms with Crippen molar-refractivity contribution < 1.29 is 17.9 Å². The van der Waals surface area contributed by atoms with E-state index in [4.69, 9.17) is 4.74 Å². The van der Waals surface area contributed by atoms with Gasteiger partial charge in [-0.15, -0.1) is 0 Å². The Morgan fingerprint density at radius 1 is 1.19 bits per heavy atom. The molecule has 0 saturated carbocycles. The predicted octanol–water partition coefficient (Wildman–Crippen LogP) is 1.59. The highest BCUT2D eigenvalue weighted by Gasteiger charge is 2.20. The quantitative estimate of drug-likeness (QED) is 0.712. The van der Waals surface area contributed by atoms with Crippen molar-refractivity contribution in [3.8, 4) is 5.75 Å². The fraction of sp³-hybridized carbons (Fsp3) is 0.278. The number of ether oxygens (including phenoxy) is 1. The van der Waals surface area contributed by atoms with E-state index < -0.39 is 10.0 Å². The number of nitrogens with one attached hydrogen (secondary N) is 3. The number of rotatable bonds is 6. The lowest BCUT2D eigenvalue weighted by atomic mass is 10.2. The number of methoxy groups -OCH3 is 1. The molecule has 1 atom stereocenters. The molecule has 2 aromatic carbocycles. The molecule has 26 heavy (non-hydrogen) atoms. The molecule has 1 aliphatic rings. The zero-order valence-electron chi connectivity index (χ0n) is 14.4. The van der Waals surface area contributed by atoms with Gasteiger partial charge in [0, 0.05) is 18.2 Å². The summed E-state index contributed by atoms with van der Waals surface area (Å²) in [6, 6.07) is 12.8. The van der Waals surface area contributed by atoms with Gasteiger partial charge in [0.25, 0.3) is 15.9 Å². The minimum atomic E-state index is -3.85. The molecule has 0 aliphatic carbocycles. The number of carbonyl (C=O) groups excluding carboxylic acids is 1. The van der Waals surface area contributed by atoms with Crippen LogP contribution in [-0.2, 0) is 10.0 Å². The van der Waals surface area contributed by atoms with E-state index in [-0.39, 0.29) is 16.8 Å². The number of anilines is 1. The Balaban J connectivity index is 1.80. The van der Waals surface area contributed by atoms with Crippen LogP contribution in [0, 0.1) is 0 Å². The zero-order chi connectivity index (χ0) is 18.6. The third-order valence-electron chi connectivity index (χ3n) is 4.15. The van der Waals surface area contributed by atoms with Gasteiger partial charge in [-0.3, -0.25) is 9.52 Å². The van der Waals surface area contributed by atoms with Crippen molar-refractivity contribution in [2.24, 2.45) is 0 Å². The van der Waals surface area contributed by atoms with E-state index in [2.05, 4.69) is 15.4 Å². The third-order valence-corrected chi connectivity index (χ3v) is 5.52. The van der Waals surface area contributed by atoms with Crippen LogP contribution in [0.5, 0.6) is 5.75 Å². The van der Waals surface area contributed by atoms with Crippen LogP contribution in [0.15, 0.2) is 53.4 Å². The zero-order valence-corrected chi connectivity index (χ0v) is 15.2. The molecule has 2 aromatic rings. The van der Waals surface area contributed by atoms with Crippen LogP contribution in [0.25, 0.3) is 0 Å².